The second-order valence-electron chi connectivity index (χ2n) is 8.29. The van der Waals surface area contributed by atoms with Gasteiger partial charge in [-0.15, -0.1) is 0 Å². The van der Waals surface area contributed by atoms with Crippen LogP contribution in [0.15, 0.2) is 41.3 Å². The van der Waals surface area contributed by atoms with Crippen LogP contribution in [-0.2, 0) is 24.4 Å². The van der Waals surface area contributed by atoms with Gasteiger partial charge in [0.25, 0.3) is 0 Å². The Balaban J connectivity index is 1.56. The Labute approximate surface area is 169 Å². The van der Waals surface area contributed by atoms with Gasteiger partial charge in [-0.2, -0.15) is 0 Å². The second-order valence-corrected chi connectivity index (χ2v) is 9.86. The summed E-state index contributed by atoms with van der Waals surface area (Å²) in [5.74, 6) is -1.87. The highest BCUT2D eigenvalue weighted by atomic mass is 32.2. The summed E-state index contributed by atoms with van der Waals surface area (Å²) in [6, 6.07) is 4.48. The predicted octanol–water partition coefficient (Wildman–Crippen LogP) is 1.10. The van der Waals surface area contributed by atoms with E-state index in [0.29, 0.717) is 5.69 Å². The molecule has 0 spiro atoms. The zero-order valence-electron chi connectivity index (χ0n) is 16.1. The number of carbonyl (C=O) groups excluding carboxylic acids is 3. The fourth-order valence-corrected chi connectivity index (χ4v) is 5.38. The molecule has 5 atom stereocenters. The van der Waals surface area contributed by atoms with E-state index in [0.717, 1.165) is 11.3 Å². The van der Waals surface area contributed by atoms with Gasteiger partial charge in [-0.1, -0.05) is 26.0 Å². The van der Waals surface area contributed by atoms with Crippen molar-refractivity contribution in [1.29, 1.82) is 0 Å². The van der Waals surface area contributed by atoms with E-state index in [1.807, 2.05) is 12.2 Å². The summed E-state index contributed by atoms with van der Waals surface area (Å²) in [6.07, 6.45) is 4.85. The van der Waals surface area contributed by atoms with Crippen LogP contribution in [0.5, 0.6) is 0 Å². The van der Waals surface area contributed by atoms with E-state index in [1.54, 1.807) is 13.8 Å². The number of hydrogen-bond donors (Lipinski definition) is 2. The number of primary sulfonamides is 1. The van der Waals surface area contributed by atoms with Crippen molar-refractivity contribution in [3.63, 3.8) is 0 Å². The Morgan fingerprint density at radius 1 is 1.07 bits per heavy atom. The molecule has 1 aromatic rings. The zero-order valence-corrected chi connectivity index (χ0v) is 16.9. The molecule has 0 aromatic heterocycles. The number of carbonyl (C=O) groups is 3. The van der Waals surface area contributed by atoms with Crippen molar-refractivity contribution in [3.8, 4) is 0 Å². The smallest absolute Gasteiger partial charge is 0.247 e. The van der Waals surface area contributed by atoms with Crippen molar-refractivity contribution in [1.82, 2.24) is 4.90 Å². The minimum absolute atomic E-state index is 0.0726. The number of fused-ring (bicyclic) bond motifs is 5. The number of benzene rings is 1. The van der Waals surface area contributed by atoms with Gasteiger partial charge in [0.15, 0.2) is 0 Å². The lowest BCUT2D eigenvalue weighted by Crippen LogP contribution is -2.51. The van der Waals surface area contributed by atoms with E-state index in [4.69, 9.17) is 5.14 Å². The molecule has 2 fully saturated rings. The first-order valence-corrected chi connectivity index (χ1v) is 11.1. The molecule has 5 unspecified atom stereocenters. The number of anilines is 1. The molecule has 1 saturated heterocycles. The van der Waals surface area contributed by atoms with Crippen molar-refractivity contribution in [2.45, 2.75) is 31.2 Å². The minimum Gasteiger partial charge on any atom is -0.324 e. The largest absolute Gasteiger partial charge is 0.324 e. The summed E-state index contributed by atoms with van der Waals surface area (Å²) in [7, 11) is -3.84. The first-order valence-electron chi connectivity index (χ1n) is 9.58. The Morgan fingerprint density at radius 2 is 1.59 bits per heavy atom. The highest BCUT2D eigenvalue weighted by Gasteiger charge is 2.61. The number of nitrogens with two attached hydrogens (primary N) is 1. The first kappa shape index (κ1) is 19.8. The molecule has 8 nitrogen and oxygen atoms in total. The highest BCUT2D eigenvalue weighted by Crippen LogP contribution is 2.53. The first-order chi connectivity index (χ1) is 13.6. The quantitative estimate of drug-likeness (QED) is 0.548. The van der Waals surface area contributed by atoms with Crippen LogP contribution in [0.2, 0.25) is 0 Å². The third kappa shape index (κ3) is 3.18. The maximum Gasteiger partial charge on any atom is 0.247 e. The summed E-state index contributed by atoms with van der Waals surface area (Å²) < 4.78 is 22.7. The molecule has 2 aliphatic carbocycles. The lowest BCUT2D eigenvalue weighted by Gasteiger charge is -2.29. The SMILES string of the molecule is CC(C)C(C(=O)Nc1ccc(S(N)(=O)=O)cc1)N1C(=O)C2C3C=CC(C3)C2C1=O. The summed E-state index contributed by atoms with van der Waals surface area (Å²) in [6.45, 7) is 3.58. The van der Waals surface area contributed by atoms with Crippen LogP contribution < -0.4 is 10.5 Å². The standard InChI is InChI=1S/C20H23N3O5S/c1-10(2)17(18(24)22-13-5-7-14(8-6-13)29(21,27)28)23-19(25)15-11-3-4-12(9-11)16(15)20(23)26/h3-8,10-12,15-17H,9H2,1-2H3,(H,22,24)(H2,21,27,28). The van der Waals surface area contributed by atoms with Gasteiger partial charge in [-0.25, -0.2) is 13.6 Å². The van der Waals surface area contributed by atoms with E-state index >= 15 is 0 Å². The monoisotopic (exact) mass is 417 g/mol. The molecule has 1 aliphatic heterocycles. The molecule has 1 aromatic carbocycles. The van der Waals surface area contributed by atoms with Crippen LogP contribution in [0.4, 0.5) is 5.69 Å². The van der Waals surface area contributed by atoms with Crippen LogP contribution >= 0.6 is 0 Å². The molecule has 29 heavy (non-hydrogen) atoms. The molecule has 3 aliphatic rings. The molecule has 1 heterocycles. The molecular formula is C20H23N3O5S. The zero-order chi connectivity index (χ0) is 21.1. The van der Waals surface area contributed by atoms with Crippen molar-refractivity contribution in [2.75, 3.05) is 5.32 Å². The van der Waals surface area contributed by atoms with Gasteiger partial charge in [-0.05, 0) is 48.4 Å². The number of likely N-dealkylation sites (tertiary alicyclic amines) is 1. The van der Waals surface area contributed by atoms with Gasteiger partial charge in [0, 0.05) is 5.69 Å². The Hall–Kier alpha value is -2.52. The van der Waals surface area contributed by atoms with Crippen molar-refractivity contribution >= 4 is 33.4 Å². The average molecular weight is 417 g/mol. The lowest BCUT2D eigenvalue weighted by molar-refractivity contribution is -0.148. The van der Waals surface area contributed by atoms with Crippen molar-refractivity contribution < 1.29 is 22.8 Å². The maximum atomic E-state index is 13.1. The van der Waals surface area contributed by atoms with E-state index in [2.05, 4.69) is 5.32 Å². The summed E-state index contributed by atoms with van der Waals surface area (Å²) >= 11 is 0. The summed E-state index contributed by atoms with van der Waals surface area (Å²) in [4.78, 5) is 40.2. The molecule has 2 bridgehead atoms. The van der Waals surface area contributed by atoms with Gasteiger partial charge < -0.3 is 5.32 Å². The van der Waals surface area contributed by atoms with E-state index in [-0.39, 0.29) is 46.3 Å². The fraction of sp³-hybridized carbons (Fsp3) is 0.450. The highest BCUT2D eigenvalue weighted by molar-refractivity contribution is 7.89. The average Bonchev–Trinajstić information content (AvgIpc) is 3.31. The van der Waals surface area contributed by atoms with Gasteiger partial charge in [-0.3, -0.25) is 19.3 Å². The van der Waals surface area contributed by atoms with E-state index in [1.165, 1.54) is 24.3 Å². The van der Waals surface area contributed by atoms with Gasteiger partial charge in [0.2, 0.25) is 27.7 Å². The van der Waals surface area contributed by atoms with Crippen LogP contribution in [-0.4, -0.2) is 37.1 Å². The molecule has 1 saturated carbocycles. The van der Waals surface area contributed by atoms with Gasteiger partial charge in [0.05, 0.1) is 16.7 Å². The lowest BCUT2D eigenvalue weighted by atomic mass is 9.85. The van der Waals surface area contributed by atoms with Gasteiger partial charge >= 0.3 is 0 Å². The van der Waals surface area contributed by atoms with E-state index in [9.17, 15) is 22.8 Å². The molecule has 9 heteroatoms. The number of amides is 3. The maximum absolute atomic E-state index is 13.1. The fourth-order valence-electron chi connectivity index (χ4n) is 4.86. The number of rotatable bonds is 5. The Morgan fingerprint density at radius 3 is 2.03 bits per heavy atom. The van der Waals surface area contributed by atoms with Crippen LogP contribution in [0, 0.1) is 29.6 Å². The Kier molecular flexibility index (Phi) is 4.62. The molecule has 3 N–H and O–H groups in total. The molecule has 4 rings (SSSR count). The number of nitrogens with one attached hydrogen (secondary N) is 1. The predicted molar refractivity (Wildman–Crippen MR) is 105 cm³/mol. The summed E-state index contributed by atoms with van der Waals surface area (Å²) in [5.41, 5.74) is 0.356. The third-order valence-electron chi connectivity index (χ3n) is 6.13. The topological polar surface area (TPSA) is 127 Å². The number of hydrogen-bond acceptors (Lipinski definition) is 5. The van der Waals surface area contributed by atoms with Crippen LogP contribution in [0.3, 0.4) is 0 Å². The van der Waals surface area contributed by atoms with Crippen LogP contribution in [0.1, 0.15) is 20.3 Å². The Bertz CT molecular complexity index is 985. The molecule has 154 valence electrons. The molecule has 0 radical (unpaired) electrons. The van der Waals surface area contributed by atoms with Gasteiger partial charge in [0.1, 0.15) is 6.04 Å². The number of sulfonamides is 1. The van der Waals surface area contributed by atoms with E-state index < -0.39 is 22.0 Å². The third-order valence-corrected chi connectivity index (χ3v) is 7.06. The van der Waals surface area contributed by atoms with Crippen molar-refractivity contribution in [2.24, 2.45) is 34.7 Å². The minimum atomic E-state index is -3.84. The number of nitrogens with zero attached hydrogens (tertiary/aromatic N) is 1. The number of imide groups is 1. The van der Waals surface area contributed by atoms with Crippen LogP contribution in [0.25, 0.3) is 0 Å². The van der Waals surface area contributed by atoms with Crippen molar-refractivity contribution in [3.05, 3.63) is 36.4 Å². The molecular weight excluding hydrogens is 394 g/mol. The second kappa shape index (κ2) is 6.77. The summed E-state index contributed by atoms with van der Waals surface area (Å²) in [5, 5.41) is 7.77. The normalized spacial score (nSPS) is 28.9. The molecule has 3 amide bonds. The number of allylic oxidation sites excluding steroid dienone is 2.